The van der Waals surface area contributed by atoms with Gasteiger partial charge in [0.2, 0.25) is 11.7 Å². The Morgan fingerprint density at radius 1 is 1.21 bits per heavy atom. The first kappa shape index (κ1) is 15.8. The molecule has 1 amide bonds. The molecule has 0 aliphatic heterocycles. The van der Waals surface area contributed by atoms with Crippen molar-refractivity contribution in [1.82, 2.24) is 15.5 Å². The van der Waals surface area contributed by atoms with Crippen LogP contribution in [0.15, 0.2) is 51.6 Å². The number of anilines is 1. The van der Waals surface area contributed by atoms with E-state index in [2.05, 4.69) is 15.5 Å². The molecular weight excluding hydrogens is 308 g/mol. The summed E-state index contributed by atoms with van der Waals surface area (Å²) in [5, 5.41) is 6.73. The van der Waals surface area contributed by atoms with Gasteiger partial charge in [-0.3, -0.25) is 4.79 Å². The van der Waals surface area contributed by atoms with Crippen LogP contribution in [-0.2, 0) is 0 Å². The van der Waals surface area contributed by atoms with Crippen LogP contribution in [0.5, 0.6) is 0 Å². The maximum absolute atomic E-state index is 12.0. The van der Waals surface area contributed by atoms with Gasteiger partial charge in [0.25, 0.3) is 5.91 Å². The third-order valence-electron chi connectivity index (χ3n) is 3.55. The lowest BCUT2D eigenvalue weighted by molar-refractivity contribution is 0.0904. The molecule has 2 aromatic heterocycles. The molecule has 3 rings (SSSR count). The summed E-state index contributed by atoms with van der Waals surface area (Å²) in [7, 11) is 3.95. The Bertz CT molecular complexity index is 807. The van der Waals surface area contributed by atoms with E-state index in [1.807, 2.05) is 43.3 Å². The largest absolute Gasteiger partial charge is 0.459 e. The minimum Gasteiger partial charge on any atom is -0.459 e. The van der Waals surface area contributed by atoms with Gasteiger partial charge in [0.1, 0.15) is 6.04 Å². The highest BCUT2D eigenvalue weighted by Crippen LogP contribution is 2.21. The summed E-state index contributed by atoms with van der Waals surface area (Å²) in [6.45, 7) is 1.77. The lowest BCUT2D eigenvalue weighted by atomic mass is 10.2. The van der Waals surface area contributed by atoms with Crippen molar-refractivity contribution in [1.29, 1.82) is 0 Å². The molecule has 1 atom stereocenters. The Kier molecular flexibility index (Phi) is 4.33. The van der Waals surface area contributed by atoms with Crippen molar-refractivity contribution in [3.8, 4) is 11.4 Å². The van der Waals surface area contributed by atoms with Crippen LogP contribution in [0.4, 0.5) is 5.69 Å². The van der Waals surface area contributed by atoms with Crippen molar-refractivity contribution in [2.45, 2.75) is 13.0 Å². The van der Waals surface area contributed by atoms with Gasteiger partial charge < -0.3 is 19.2 Å². The number of aromatic nitrogens is 2. The number of hydrogen-bond donors (Lipinski definition) is 1. The van der Waals surface area contributed by atoms with Crippen LogP contribution < -0.4 is 10.2 Å². The molecule has 0 radical (unpaired) electrons. The summed E-state index contributed by atoms with van der Waals surface area (Å²) >= 11 is 0. The number of nitrogens with zero attached hydrogens (tertiary/aromatic N) is 3. The first-order chi connectivity index (χ1) is 11.5. The van der Waals surface area contributed by atoms with E-state index in [0.29, 0.717) is 11.7 Å². The van der Waals surface area contributed by atoms with Crippen molar-refractivity contribution < 1.29 is 13.7 Å². The fourth-order valence-electron chi connectivity index (χ4n) is 2.17. The Balaban J connectivity index is 1.71. The van der Waals surface area contributed by atoms with Crippen LogP contribution in [0.3, 0.4) is 0 Å². The molecule has 3 aromatic rings. The maximum Gasteiger partial charge on any atom is 0.287 e. The number of nitrogens with one attached hydrogen (secondary N) is 1. The molecule has 0 bridgehead atoms. The van der Waals surface area contributed by atoms with Crippen LogP contribution in [-0.4, -0.2) is 30.1 Å². The van der Waals surface area contributed by atoms with Gasteiger partial charge in [0.15, 0.2) is 5.76 Å². The molecule has 1 N–H and O–H groups in total. The highest BCUT2D eigenvalue weighted by molar-refractivity contribution is 5.91. The van der Waals surface area contributed by atoms with Crippen molar-refractivity contribution in [3.05, 3.63) is 54.3 Å². The molecular formula is C17H18N4O3. The Hall–Kier alpha value is -3.09. The number of furan rings is 1. The lowest BCUT2D eigenvalue weighted by Gasteiger charge is -2.11. The summed E-state index contributed by atoms with van der Waals surface area (Å²) in [6, 6.07) is 10.6. The number of carbonyl (C=O) groups is 1. The Labute approximate surface area is 139 Å². The topological polar surface area (TPSA) is 84.4 Å². The molecule has 0 aliphatic rings. The van der Waals surface area contributed by atoms with E-state index in [-0.39, 0.29) is 11.7 Å². The van der Waals surface area contributed by atoms with Crippen molar-refractivity contribution in [2.75, 3.05) is 19.0 Å². The third-order valence-corrected chi connectivity index (χ3v) is 3.55. The fourth-order valence-corrected chi connectivity index (χ4v) is 2.17. The van der Waals surface area contributed by atoms with Crippen LogP contribution in [0, 0.1) is 0 Å². The van der Waals surface area contributed by atoms with Gasteiger partial charge in [0, 0.05) is 25.3 Å². The molecule has 124 valence electrons. The van der Waals surface area contributed by atoms with Crippen molar-refractivity contribution in [2.24, 2.45) is 0 Å². The molecule has 0 saturated carbocycles. The van der Waals surface area contributed by atoms with Gasteiger partial charge in [-0.05, 0) is 43.3 Å². The van der Waals surface area contributed by atoms with E-state index in [0.717, 1.165) is 11.3 Å². The summed E-state index contributed by atoms with van der Waals surface area (Å²) in [6.07, 6.45) is 1.45. The predicted octanol–water partition coefficient (Wildman–Crippen LogP) is 2.89. The summed E-state index contributed by atoms with van der Waals surface area (Å²) in [5.74, 6) is 0.722. The zero-order valence-corrected chi connectivity index (χ0v) is 13.7. The van der Waals surface area contributed by atoms with E-state index in [1.54, 1.807) is 19.1 Å². The van der Waals surface area contributed by atoms with Gasteiger partial charge in [-0.25, -0.2) is 0 Å². The van der Waals surface area contributed by atoms with Crippen LogP contribution in [0.25, 0.3) is 11.4 Å². The van der Waals surface area contributed by atoms with Crippen LogP contribution in [0.2, 0.25) is 0 Å². The van der Waals surface area contributed by atoms with Crippen LogP contribution >= 0.6 is 0 Å². The third kappa shape index (κ3) is 3.29. The van der Waals surface area contributed by atoms with Crippen LogP contribution in [0.1, 0.15) is 29.4 Å². The van der Waals surface area contributed by atoms with Gasteiger partial charge in [-0.2, -0.15) is 4.98 Å². The number of rotatable bonds is 5. The molecule has 24 heavy (non-hydrogen) atoms. The second kappa shape index (κ2) is 6.57. The minimum absolute atomic E-state index is 0.237. The SMILES string of the molecule is C[C@@H](NC(=O)c1ccco1)c1nc(-c2ccc(N(C)C)cc2)no1. The van der Waals surface area contributed by atoms with Gasteiger partial charge in [-0.1, -0.05) is 5.16 Å². The van der Waals surface area contributed by atoms with Crippen molar-refractivity contribution in [3.63, 3.8) is 0 Å². The molecule has 0 spiro atoms. The average Bonchev–Trinajstić information content (AvgIpc) is 3.26. The maximum atomic E-state index is 12.0. The standard InChI is InChI=1S/C17H18N4O3/c1-11(18-16(22)14-5-4-10-23-14)17-19-15(20-24-17)12-6-8-13(9-7-12)21(2)3/h4-11H,1-3H3,(H,18,22)/t11-/m1/s1. The number of carbonyl (C=O) groups excluding carboxylic acids is 1. The van der Waals surface area contributed by atoms with Gasteiger partial charge in [0.05, 0.1) is 6.26 Å². The molecule has 0 aliphatic carbocycles. The average molecular weight is 326 g/mol. The lowest BCUT2D eigenvalue weighted by Crippen LogP contribution is -2.26. The second-order valence-electron chi connectivity index (χ2n) is 5.57. The predicted molar refractivity (Wildman–Crippen MR) is 88.7 cm³/mol. The van der Waals surface area contributed by atoms with E-state index in [4.69, 9.17) is 8.94 Å². The van der Waals surface area contributed by atoms with Gasteiger partial charge >= 0.3 is 0 Å². The van der Waals surface area contributed by atoms with E-state index in [1.165, 1.54) is 6.26 Å². The highest BCUT2D eigenvalue weighted by Gasteiger charge is 2.19. The number of hydrogen-bond acceptors (Lipinski definition) is 6. The minimum atomic E-state index is -0.426. The van der Waals surface area contributed by atoms with E-state index in [9.17, 15) is 4.79 Å². The molecule has 7 nitrogen and oxygen atoms in total. The smallest absolute Gasteiger partial charge is 0.287 e. The zero-order valence-electron chi connectivity index (χ0n) is 13.7. The summed E-state index contributed by atoms with van der Waals surface area (Å²) < 4.78 is 10.3. The molecule has 1 aromatic carbocycles. The molecule has 7 heteroatoms. The zero-order chi connectivity index (χ0) is 17.1. The monoisotopic (exact) mass is 326 g/mol. The first-order valence-electron chi connectivity index (χ1n) is 7.50. The summed E-state index contributed by atoms with van der Waals surface area (Å²) in [4.78, 5) is 18.3. The van der Waals surface area contributed by atoms with E-state index >= 15 is 0 Å². The number of benzene rings is 1. The second-order valence-corrected chi connectivity index (χ2v) is 5.57. The summed E-state index contributed by atoms with van der Waals surface area (Å²) in [5.41, 5.74) is 1.93. The molecule has 0 fully saturated rings. The Morgan fingerprint density at radius 2 is 1.96 bits per heavy atom. The van der Waals surface area contributed by atoms with E-state index < -0.39 is 6.04 Å². The van der Waals surface area contributed by atoms with Crippen molar-refractivity contribution >= 4 is 11.6 Å². The normalized spacial score (nSPS) is 12.0. The number of amides is 1. The molecule has 2 heterocycles. The fraction of sp³-hybridized carbons (Fsp3) is 0.235. The quantitative estimate of drug-likeness (QED) is 0.776. The highest BCUT2D eigenvalue weighted by atomic mass is 16.5. The molecule has 0 saturated heterocycles. The first-order valence-corrected chi connectivity index (χ1v) is 7.50. The molecule has 0 unspecified atom stereocenters. The van der Waals surface area contributed by atoms with Gasteiger partial charge in [-0.15, -0.1) is 0 Å². The Morgan fingerprint density at radius 3 is 2.58 bits per heavy atom.